The molecule has 0 saturated carbocycles. The largest absolute Gasteiger partial charge is 0.279 e. The topological polar surface area (TPSA) is 89.0 Å². The van der Waals surface area contributed by atoms with Gasteiger partial charge in [0.1, 0.15) is 5.01 Å². The van der Waals surface area contributed by atoms with Crippen LogP contribution in [0, 0.1) is 0 Å². The monoisotopic (exact) mass is 361 g/mol. The Morgan fingerprint density at radius 2 is 1.88 bits per heavy atom. The van der Waals surface area contributed by atoms with Crippen molar-refractivity contribution in [1.29, 1.82) is 0 Å². The molecule has 0 atom stereocenters. The van der Waals surface area contributed by atoms with E-state index in [4.69, 9.17) is 0 Å². The number of rotatable bonds is 5. The van der Waals surface area contributed by atoms with Gasteiger partial charge in [-0.3, -0.25) is 4.79 Å². The number of aromatic nitrogens is 2. The van der Waals surface area contributed by atoms with E-state index in [1.807, 2.05) is 12.1 Å². The van der Waals surface area contributed by atoms with E-state index in [9.17, 15) is 13.2 Å². The fraction of sp³-hybridized carbons (Fsp3) is 0.188. The Labute approximate surface area is 143 Å². The molecule has 0 aliphatic heterocycles. The van der Waals surface area contributed by atoms with Gasteiger partial charge in [-0.25, -0.2) is 18.1 Å². The molecule has 1 aromatic carbocycles. The van der Waals surface area contributed by atoms with E-state index in [-0.39, 0.29) is 17.9 Å². The quantitative estimate of drug-likeness (QED) is 0.752. The zero-order valence-corrected chi connectivity index (χ0v) is 14.5. The average molecular weight is 361 g/mol. The molecule has 24 heavy (non-hydrogen) atoms. The van der Waals surface area contributed by atoms with Gasteiger partial charge in [-0.05, 0) is 31.2 Å². The van der Waals surface area contributed by atoms with E-state index in [2.05, 4.69) is 14.7 Å². The molecule has 2 aromatic heterocycles. The molecule has 6 nitrogen and oxygen atoms in total. The summed E-state index contributed by atoms with van der Waals surface area (Å²) in [5.74, 6) is 0.0144. The van der Waals surface area contributed by atoms with Crippen LogP contribution in [0.25, 0.3) is 20.8 Å². The molecular formula is C16H15N3O3S2. The van der Waals surface area contributed by atoms with Crippen LogP contribution in [0.3, 0.4) is 0 Å². The third-order valence-corrected chi connectivity index (χ3v) is 5.82. The Bertz CT molecular complexity index is 1050. The number of pyridine rings is 1. The molecule has 2 heterocycles. The third kappa shape index (κ3) is 3.66. The van der Waals surface area contributed by atoms with Crippen LogP contribution in [0.4, 0.5) is 0 Å². The Morgan fingerprint density at radius 1 is 1.08 bits per heavy atom. The molecule has 0 saturated heterocycles. The smallest absolute Gasteiger partial charge is 0.267 e. The number of nitrogens with one attached hydrogen (secondary N) is 1. The summed E-state index contributed by atoms with van der Waals surface area (Å²) >= 11 is 1.38. The first-order valence-corrected chi connectivity index (χ1v) is 9.79. The van der Waals surface area contributed by atoms with Crippen molar-refractivity contribution < 1.29 is 8.42 Å². The van der Waals surface area contributed by atoms with Crippen LogP contribution in [0.5, 0.6) is 0 Å². The number of hydrogen-bond acceptors (Lipinski definition) is 6. The number of nitrogens with zero attached hydrogens (tertiary/aromatic N) is 2. The van der Waals surface area contributed by atoms with Crippen LogP contribution < -0.4 is 10.3 Å². The molecule has 0 aliphatic rings. The molecule has 0 aliphatic carbocycles. The van der Waals surface area contributed by atoms with Crippen molar-refractivity contribution in [1.82, 2.24) is 14.7 Å². The predicted octanol–water partition coefficient (Wildman–Crippen LogP) is 2.16. The Morgan fingerprint density at radius 3 is 2.67 bits per heavy atom. The van der Waals surface area contributed by atoms with Crippen molar-refractivity contribution in [2.45, 2.75) is 13.5 Å². The van der Waals surface area contributed by atoms with Crippen molar-refractivity contribution >= 4 is 31.4 Å². The summed E-state index contributed by atoms with van der Waals surface area (Å²) in [6.07, 6.45) is 0. The van der Waals surface area contributed by atoms with Gasteiger partial charge in [0.25, 0.3) is 5.56 Å². The maximum absolute atomic E-state index is 12.1. The highest BCUT2D eigenvalue weighted by molar-refractivity contribution is 7.89. The molecular weight excluding hydrogens is 346 g/mol. The lowest BCUT2D eigenvalue weighted by molar-refractivity contribution is 0.582. The lowest BCUT2D eigenvalue weighted by atomic mass is 10.3. The average Bonchev–Trinajstić information content (AvgIpc) is 2.60. The van der Waals surface area contributed by atoms with Crippen molar-refractivity contribution in [3.05, 3.63) is 58.5 Å². The molecule has 0 bridgehead atoms. The second-order valence-electron chi connectivity index (χ2n) is 5.06. The third-order valence-electron chi connectivity index (χ3n) is 3.41. The lowest BCUT2D eigenvalue weighted by Crippen LogP contribution is -2.25. The van der Waals surface area contributed by atoms with Gasteiger partial charge in [-0.1, -0.05) is 18.2 Å². The maximum atomic E-state index is 12.1. The van der Waals surface area contributed by atoms with E-state index in [1.165, 1.54) is 11.3 Å². The first-order chi connectivity index (χ1) is 11.5. The first kappa shape index (κ1) is 16.7. The summed E-state index contributed by atoms with van der Waals surface area (Å²) in [6, 6.07) is 12.5. The molecule has 0 unspecified atom stereocenters. The highest BCUT2D eigenvalue weighted by Crippen LogP contribution is 2.24. The van der Waals surface area contributed by atoms with Crippen LogP contribution in [0.1, 0.15) is 12.6 Å². The summed E-state index contributed by atoms with van der Waals surface area (Å²) < 4.78 is 26.4. The van der Waals surface area contributed by atoms with Gasteiger partial charge in [0.05, 0.1) is 29.1 Å². The normalized spacial score (nSPS) is 11.7. The Hall–Kier alpha value is -2.16. The van der Waals surface area contributed by atoms with Gasteiger partial charge in [0.15, 0.2) is 0 Å². The molecule has 124 valence electrons. The first-order valence-electron chi connectivity index (χ1n) is 7.32. The van der Waals surface area contributed by atoms with Gasteiger partial charge in [0, 0.05) is 4.70 Å². The van der Waals surface area contributed by atoms with E-state index >= 15 is 0 Å². The molecule has 3 rings (SSSR count). The summed E-state index contributed by atoms with van der Waals surface area (Å²) in [7, 11) is -3.28. The molecule has 0 spiro atoms. The lowest BCUT2D eigenvalue weighted by Gasteiger charge is -2.06. The Balaban J connectivity index is 1.96. The highest BCUT2D eigenvalue weighted by Gasteiger charge is 2.10. The second-order valence-corrected chi connectivity index (χ2v) is 8.19. The van der Waals surface area contributed by atoms with Crippen molar-refractivity contribution in [2.75, 3.05) is 5.75 Å². The molecule has 3 aromatic rings. The van der Waals surface area contributed by atoms with E-state index in [1.54, 1.807) is 37.3 Å². The summed E-state index contributed by atoms with van der Waals surface area (Å²) in [6.45, 7) is 1.68. The van der Waals surface area contributed by atoms with Gasteiger partial charge in [-0.15, -0.1) is 11.3 Å². The Kier molecular flexibility index (Phi) is 4.70. The molecule has 0 amide bonds. The van der Waals surface area contributed by atoms with Gasteiger partial charge < -0.3 is 0 Å². The number of fused-ring (bicyclic) bond motifs is 1. The van der Waals surface area contributed by atoms with E-state index < -0.39 is 10.0 Å². The number of sulfonamides is 1. The standard InChI is InChI=1S/C16H15N3O3S2/c1-2-24(21,22)17-10-11-6-5-8-13(18-11)16-19-15(20)12-7-3-4-9-14(12)23-16/h3-9,17H,2,10H2,1H3. The molecule has 0 fully saturated rings. The number of benzene rings is 1. The highest BCUT2D eigenvalue weighted by atomic mass is 32.2. The minimum atomic E-state index is -3.28. The van der Waals surface area contributed by atoms with Crippen molar-refractivity contribution in [3.8, 4) is 10.7 Å². The SMILES string of the molecule is CCS(=O)(=O)NCc1cccc(-c2nc(=O)c3ccccc3s2)n1. The minimum absolute atomic E-state index is 0.0144. The van der Waals surface area contributed by atoms with Gasteiger partial charge in [0.2, 0.25) is 10.0 Å². The summed E-state index contributed by atoms with van der Waals surface area (Å²) in [5, 5.41) is 1.09. The van der Waals surface area contributed by atoms with Gasteiger partial charge in [-0.2, -0.15) is 4.98 Å². The van der Waals surface area contributed by atoms with E-state index in [0.717, 1.165) is 4.70 Å². The summed E-state index contributed by atoms with van der Waals surface area (Å²) in [5.41, 5.74) is 0.827. The fourth-order valence-corrected chi connectivity index (χ4v) is 3.64. The molecule has 1 N–H and O–H groups in total. The van der Waals surface area contributed by atoms with Crippen LogP contribution in [-0.2, 0) is 16.6 Å². The minimum Gasteiger partial charge on any atom is -0.267 e. The van der Waals surface area contributed by atoms with Crippen molar-refractivity contribution in [3.63, 3.8) is 0 Å². The molecule has 8 heteroatoms. The maximum Gasteiger partial charge on any atom is 0.279 e. The van der Waals surface area contributed by atoms with Crippen LogP contribution >= 0.6 is 11.3 Å². The molecule has 0 radical (unpaired) electrons. The summed E-state index contributed by atoms with van der Waals surface area (Å²) in [4.78, 5) is 20.6. The van der Waals surface area contributed by atoms with E-state index in [0.29, 0.717) is 21.8 Å². The fourth-order valence-electron chi connectivity index (χ4n) is 2.10. The van der Waals surface area contributed by atoms with Crippen LogP contribution in [-0.4, -0.2) is 24.1 Å². The van der Waals surface area contributed by atoms with Crippen LogP contribution in [0.15, 0.2) is 47.3 Å². The predicted molar refractivity (Wildman–Crippen MR) is 95.4 cm³/mol. The second kappa shape index (κ2) is 6.76. The zero-order chi connectivity index (χ0) is 17.2. The zero-order valence-electron chi connectivity index (χ0n) is 12.9. The number of hydrogen-bond donors (Lipinski definition) is 1. The van der Waals surface area contributed by atoms with Crippen molar-refractivity contribution in [2.24, 2.45) is 0 Å². The van der Waals surface area contributed by atoms with Gasteiger partial charge >= 0.3 is 0 Å². The van der Waals surface area contributed by atoms with Crippen LogP contribution in [0.2, 0.25) is 0 Å².